The van der Waals surface area contributed by atoms with Crippen molar-refractivity contribution in [2.75, 3.05) is 0 Å². The minimum absolute atomic E-state index is 0.0586. The molecule has 0 saturated heterocycles. The van der Waals surface area contributed by atoms with E-state index in [0.29, 0.717) is 9.75 Å². The number of aryl methyl sites for hydroxylation is 1. The second-order valence-electron chi connectivity index (χ2n) is 6.83. The lowest BCUT2D eigenvalue weighted by Crippen LogP contribution is -2.35. The molecule has 0 aromatic carbocycles. The van der Waals surface area contributed by atoms with Gasteiger partial charge in [0.25, 0.3) is 11.8 Å². The zero-order chi connectivity index (χ0) is 16.8. The monoisotopic (exact) mass is 332 g/mol. The largest absolute Gasteiger partial charge is 0.466 e. The molecular weight excluding hydrogens is 312 g/mol. The topological polar surface area (TPSA) is 85.3 Å². The highest BCUT2D eigenvalue weighted by atomic mass is 32.1. The van der Waals surface area contributed by atoms with Gasteiger partial charge in [-0.15, -0.1) is 11.3 Å². The Morgan fingerprint density at radius 2 is 2.04 bits per heavy atom. The van der Waals surface area contributed by atoms with Crippen LogP contribution in [0, 0.1) is 12.3 Å². The molecule has 0 fully saturated rings. The van der Waals surface area contributed by atoms with Crippen LogP contribution in [0.25, 0.3) is 0 Å². The summed E-state index contributed by atoms with van der Waals surface area (Å²) in [4.78, 5) is 24.5. The molecule has 23 heavy (non-hydrogen) atoms. The molecule has 122 valence electrons. The van der Waals surface area contributed by atoms with Gasteiger partial charge in [-0.25, -0.2) is 0 Å². The van der Waals surface area contributed by atoms with E-state index in [2.05, 4.69) is 19.2 Å². The number of carbonyl (C=O) groups excluding carboxylic acids is 2. The van der Waals surface area contributed by atoms with Crippen LogP contribution in [0.2, 0.25) is 0 Å². The maximum absolute atomic E-state index is 12.5. The van der Waals surface area contributed by atoms with Crippen molar-refractivity contribution in [2.24, 2.45) is 11.1 Å². The Morgan fingerprint density at radius 3 is 2.70 bits per heavy atom. The number of amides is 2. The molecule has 2 aromatic heterocycles. The van der Waals surface area contributed by atoms with Gasteiger partial charge in [-0.1, -0.05) is 13.8 Å². The second-order valence-corrected chi connectivity index (χ2v) is 7.92. The summed E-state index contributed by atoms with van der Waals surface area (Å²) in [5.41, 5.74) is 6.36. The summed E-state index contributed by atoms with van der Waals surface area (Å²) < 4.78 is 5.78. The van der Waals surface area contributed by atoms with E-state index in [9.17, 15) is 9.59 Å². The molecule has 1 unspecified atom stereocenters. The van der Waals surface area contributed by atoms with Crippen LogP contribution in [0.5, 0.6) is 0 Å². The zero-order valence-corrected chi connectivity index (χ0v) is 14.3. The highest BCUT2D eigenvalue weighted by Crippen LogP contribution is 2.42. The first-order chi connectivity index (χ1) is 10.7. The van der Waals surface area contributed by atoms with Gasteiger partial charge in [-0.3, -0.25) is 9.59 Å². The first-order valence-electron chi connectivity index (χ1n) is 7.55. The number of carbonyl (C=O) groups is 2. The smallest absolute Gasteiger partial charge is 0.261 e. The third-order valence-corrected chi connectivity index (χ3v) is 5.21. The van der Waals surface area contributed by atoms with Crippen molar-refractivity contribution in [2.45, 2.75) is 39.7 Å². The fourth-order valence-corrected chi connectivity index (χ4v) is 3.90. The molecule has 1 aliphatic carbocycles. The first kappa shape index (κ1) is 15.8. The number of hydrogen-bond donors (Lipinski definition) is 2. The summed E-state index contributed by atoms with van der Waals surface area (Å²) in [5.74, 6) is 1.11. The molecule has 5 nitrogen and oxygen atoms in total. The average Bonchev–Trinajstić information content (AvgIpc) is 3.03. The fraction of sp³-hybridized carbons (Fsp3) is 0.412. The molecule has 2 heterocycles. The van der Waals surface area contributed by atoms with E-state index in [1.807, 2.05) is 13.0 Å². The summed E-state index contributed by atoms with van der Waals surface area (Å²) in [6.45, 7) is 6.26. The van der Waals surface area contributed by atoms with Gasteiger partial charge in [-0.2, -0.15) is 0 Å². The molecule has 0 aliphatic heterocycles. The molecule has 6 heteroatoms. The van der Waals surface area contributed by atoms with Crippen molar-refractivity contribution in [3.63, 3.8) is 0 Å². The molecule has 3 N–H and O–H groups in total. The van der Waals surface area contributed by atoms with Gasteiger partial charge in [0.15, 0.2) is 0 Å². The molecule has 0 bridgehead atoms. The summed E-state index contributed by atoms with van der Waals surface area (Å²) in [6.07, 6.45) is 1.71. The highest BCUT2D eigenvalue weighted by Gasteiger charge is 2.35. The second kappa shape index (κ2) is 5.53. The van der Waals surface area contributed by atoms with Crippen LogP contribution in [-0.2, 0) is 6.42 Å². The van der Waals surface area contributed by atoms with Gasteiger partial charge in [-0.05, 0) is 37.0 Å². The maximum Gasteiger partial charge on any atom is 0.261 e. The van der Waals surface area contributed by atoms with Crippen LogP contribution < -0.4 is 11.1 Å². The van der Waals surface area contributed by atoms with Gasteiger partial charge in [0, 0.05) is 12.0 Å². The molecule has 2 amide bonds. The Morgan fingerprint density at radius 1 is 1.35 bits per heavy atom. The molecule has 1 aliphatic rings. The van der Waals surface area contributed by atoms with Crippen molar-refractivity contribution < 1.29 is 14.0 Å². The quantitative estimate of drug-likeness (QED) is 0.905. The van der Waals surface area contributed by atoms with Crippen LogP contribution in [0.15, 0.2) is 22.6 Å². The van der Waals surface area contributed by atoms with Crippen LogP contribution in [0.4, 0.5) is 0 Å². The average molecular weight is 332 g/mol. The number of thiophene rings is 1. The van der Waals surface area contributed by atoms with E-state index in [4.69, 9.17) is 10.2 Å². The van der Waals surface area contributed by atoms with Crippen molar-refractivity contribution >= 4 is 23.2 Å². The number of furan rings is 1. The van der Waals surface area contributed by atoms with Gasteiger partial charge in [0.2, 0.25) is 0 Å². The number of rotatable bonds is 3. The Labute approximate surface area is 138 Å². The van der Waals surface area contributed by atoms with Gasteiger partial charge >= 0.3 is 0 Å². The highest BCUT2D eigenvalue weighted by molar-refractivity contribution is 7.15. The third kappa shape index (κ3) is 3.17. The van der Waals surface area contributed by atoms with E-state index >= 15 is 0 Å². The molecule has 3 rings (SSSR count). The van der Waals surface area contributed by atoms with Crippen LogP contribution in [0.1, 0.15) is 62.7 Å². The summed E-state index contributed by atoms with van der Waals surface area (Å²) in [6, 6.07) is 5.13. The van der Waals surface area contributed by atoms with Crippen LogP contribution in [0.3, 0.4) is 0 Å². The van der Waals surface area contributed by atoms with Gasteiger partial charge in [0.1, 0.15) is 11.5 Å². The summed E-state index contributed by atoms with van der Waals surface area (Å²) in [7, 11) is 0. The van der Waals surface area contributed by atoms with E-state index in [1.165, 1.54) is 0 Å². The summed E-state index contributed by atoms with van der Waals surface area (Å²) in [5, 5.41) is 3.07. The Kier molecular flexibility index (Phi) is 3.80. The summed E-state index contributed by atoms with van der Waals surface area (Å²) >= 11 is 1.11. The van der Waals surface area contributed by atoms with Gasteiger partial charge < -0.3 is 15.5 Å². The van der Waals surface area contributed by atoms with Crippen molar-refractivity contribution in [3.05, 3.63) is 45.0 Å². The number of fused-ring (bicyclic) bond motifs is 1. The Hall–Kier alpha value is -2.08. The first-order valence-corrected chi connectivity index (χ1v) is 8.36. The predicted octanol–water partition coefficient (Wildman–Crippen LogP) is 3.19. The maximum atomic E-state index is 12.5. The molecule has 1 atom stereocenters. The molecule has 0 spiro atoms. The lowest BCUT2D eigenvalue weighted by atomic mass is 9.74. The molecule has 2 aromatic rings. The minimum atomic E-state index is -0.513. The SMILES string of the molecule is Cc1cc2c(o1)CC(C)(C)CC2NC(=O)c1ccc(C(N)=O)s1. The minimum Gasteiger partial charge on any atom is -0.466 e. The number of hydrogen-bond acceptors (Lipinski definition) is 4. The lowest BCUT2D eigenvalue weighted by molar-refractivity contribution is 0.0921. The molecule has 0 radical (unpaired) electrons. The lowest BCUT2D eigenvalue weighted by Gasteiger charge is -2.34. The Bertz CT molecular complexity index is 773. The molecular formula is C17H20N2O3S. The number of primary amides is 1. The normalized spacial score (nSPS) is 19.2. The van der Waals surface area contributed by atoms with Crippen molar-refractivity contribution in [3.8, 4) is 0 Å². The van der Waals surface area contributed by atoms with E-state index in [0.717, 1.165) is 41.3 Å². The third-order valence-electron chi connectivity index (χ3n) is 4.11. The van der Waals surface area contributed by atoms with Crippen LogP contribution >= 0.6 is 11.3 Å². The zero-order valence-electron chi connectivity index (χ0n) is 13.4. The Balaban J connectivity index is 1.83. The standard InChI is InChI=1S/C17H20N2O3S/c1-9-6-10-11(7-17(2,3)8-12(10)22-9)19-16(21)14-5-4-13(23-14)15(18)20/h4-6,11H,7-8H2,1-3H3,(H2,18,20)(H,19,21). The van der Waals surface area contributed by atoms with Crippen molar-refractivity contribution in [1.29, 1.82) is 0 Å². The predicted molar refractivity (Wildman–Crippen MR) is 88.6 cm³/mol. The molecule has 0 saturated carbocycles. The van der Waals surface area contributed by atoms with Gasteiger partial charge in [0.05, 0.1) is 15.8 Å². The number of nitrogens with two attached hydrogens (primary N) is 1. The van der Waals surface area contributed by atoms with E-state index < -0.39 is 5.91 Å². The van der Waals surface area contributed by atoms with E-state index in [-0.39, 0.29) is 17.4 Å². The van der Waals surface area contributed by atoms with Crippen molar-refractivity contribution in [1.82, 2.24) is 5.32 Å². The van der Waals surface area contributed by atoms with E-state index in [1.54, 1.807) is 12.1 Å². The fourth-order valence-electron chi connectivity index (χ4n) is 3.14. The van der Waals surface area contributed by atoms with Crippen LogP contribution in [-0.4, -0.2) is 11.8 Å². The number of nitrogens with one attached hydrogen (secondary N) is 1.